The van der Waals surface area contributed by atoms with Gasteiger partial charge in [0.2, 0.25) is 0 Å². The number of aliphatic hydroxyl groups excluding tert-OH is 1. The Balaban J connectivity index is 2.54. The first-order valence-electron chi connectivity index (χ1n) is 5.32. The quantitative estimate of drug-likeness (QED) is 0.843. The number of phenols is 1. The third-order valence-electron chi connectivity index (χ3n) is 2.73. The topological polar surface area (TPSA) is 62.5 Å². The number of aryl methyl sites for hydroxylation is 1. The van der Waals surface area contributed by atoms with Gasteiger partial charge in [0.05, 0.1) is 5.56 Å². The Labute approximate surface area is 103 Å². The van der Waals surface area contributed by atoms with Crippen molar-refractivity contribution in [2.75, 3.05) is 0 Å². The molecule has 2 aromatic rings. The average molecular weight is 249 g/mol. The van der Waals surface area contributed by atoms with E-state index >= 15 is 0 Å². The molecule has 2 N–H and O–H groups in total. The Bertz CT molecular complexity index is 636. The van der Waals surface area contributed by atoms with E-state index < -0.39 is 17.5 Å². The minimum absolute atomic E-state index is 0.0294. The van der Waals surface area contributed by atoms with Crippen LogP contribution >= 0.6 is 0 Å². The van der Waals surface area contributed by atoms with Gasteiger partial charge in [0.25, 0.3) is 5.56 Å². The summed E-state index contributed by atoms with van der Waals surface area (Å²) in [5, 5.41) is 19.7. The molecule has 1 aromatic heterocycles. The van der Waals surface area contributed by atoms with Gasteiger partial charge in [0.15, 0.2) is 0 Å². The Kier molecular flexibility index (Phi) is 3.16. The van der Waals surface area contributed by atoms with E-state index in [1.165, 1.54) is 10.6 Å². The number of nitrogens with zero attached hydrogens (tertiary/aromatic N) is 1. The zero-order valence-electron chi connectivity index (χ0n) is 9.67. The summed E-state index contributed by atoms with van der Waals surface area (Å²) in [5.74, 6) is -0.843. The molecule has 0 bridgehead atoms. The van der Waals surface area contributed by atoms with Crippen LogP contribution in [0.25, 0.3) is 0 Å². The molecule has 1 unspecified atom stereocenters. The molecule has 0 spiro atoms. The van der Waals surface area contributed by atoms with Crippen LogP contribution in [0, 0.1) is 5.82 Å². The van der Waals surface area contributed by atoms with Crippen molar-refractivity contribution in [1.82, 2.24) is 4.57 Å². The van der Waals surface area contributed by atoms with Gasteiger partial charge in [0, 0.05) is 18.8 Å². The molecule has 0 saturated heterocycles. The lowest BCUT2D eigenvalue weighted by molar-refractivity contribution is 0.212. The largest absolute Gasteiger partial charge is 0.508 e. The first-order chi connectivity index (χ1) is 8.50. The summed E-state index contributed by atoms with van der Waals surface area (Å²) in [7, 11) is 1.55. The highest BCUT2D eigenvalue weighted by Gasteiger charge is 2.18. The highest BCUT2D eigenvalue weighted by molar-refractivity contribution is 5.39. The summed E-state index contributed by atoms with van der Waals surface area (Å²) in [6, 6.07) is 6.26. The van der Waals surface area contributed by atoms with Gasteiger partial charge in [-0.3, -0.25) is 4.79 Å². The first-order valence-corrected chi connectivity index (χ1v) is 5.32. The van der Waals surface area contributed by atoms with E-state index in [1.54, 1.807) is 19.3 Å². The number of benzene rings is 1. The van der Waals surface area contributed by atoms with Crippen molar-refractivity contribution in [3.8, 4) is 5.75 Å². The van der Waals surface area contributed by atoms with Crippen LogP contribution in [0.5, 0.6) is 5.75 Å². The molecule has 18 heavy (non-hydrogen) atoms. The number of hydrogen-bond donors (Lipinski definition) is 2. The maximum absolute atomic E-state index is 13.1. The molecule has 0 aliphatic rings. The van der Waals surface area contributed by atoms with Crippen LogP contribution in [0.15, 0.2) is 41.3 Å². The lowest BCUT2D eigenvalue weighted by Gasteiger charge is -2.13. The van der Waals surface area contributed by atoms with Gasteiger partial charge in [-0.15, -0.1) is 0 Å². The minimum Gasteiger partial charge on any atom is -0.508 e. The van der Waals surface area contributed by atoms with Crippen molar-refractivity contribution in [3.63, 3.8) is 0 Å². The fourth-order valence-corrected chi connectivity index (χ4v) is 1.74. The van der Waals surface area contributed by atoms with E-state index in [-0.39, 0.29) is 16.9 Å². The van der Waals surface area contributed by atoms with Gasteiger partial charge in [0.1, 0.15) is 17.7 Å². The number of aromatic nitrogens is 1. The van der Waals surface area contributed by atoms with Gasteiger partial charge in [-0.1, -0.05) is 0 Å². The molecule has 1 heterocycles. The van der Waals surface area contributed by atoms with Crippen LogP contribution in [0.3, 0.4) is 0 Å². The number of aliphatic hydroxyl groups is 1. The van der Waals surface area contributed by atoms with Crippen LogP contribution in [-0.2, 0) is 7.05 Å². The molecule has 5 heteroatoms. The number of aromatic hydroxyl groups is 1. The molecule has 0 amide bonds. The maximum Gasteiger partial charge on any atom is 0.256 e. The number of halogens is 1. The van der Waals surface area contributed by atoms with Gasteiger partial charge >= 0.3 is 0 Å². The van der Waals surface area contributed by atoms with Crippen LogP contribution < -0.4 is 5.56 Å². The molecule has 94 valence electrons. The van der Waals surface area contributed by atoms with Crippen molar-refractivity contribution in [1.29, 1.82) is 0 Å². The van der Waals surface area contributed by atoms with Gasteiger partial charge in [-0.2, -0.15) is 0 Å². The van der Waals surface area contributed by atoms with E-state index in [9.17, 15) is 19.4 Å². The van der Waals surface area contributed by atoms with Crippen LogP contribution in [-0.4, -0.2) is 14.8 Å². The second-order valence-electron chi connectivity index (χ2n) is 3.99. The van der Waals surface area contributed by atoms with E-state index in [4.69, 9.17) is 0 Å². The van der Waals surface area contributed by atoms with Gasteiger partial charge in [-0.05, 0) is 30.3 Å². The monoisotopic (exact) mass is 249 g/mol. The van der Waals surface area contributed by atoms with E-state index in [2.05, 4.69) is 0 Å². The number of rotatable bonds is 2. The second-order valence-corrected chi connectivity index (χ2v) is 3.99. The second kappa shape index (κ2) is 4.62. The summed E-state index contributed by atoms with van der Waals surface area (Å²) in [6.07, 6.45) is 0.185. The molecule has 0 saturated carbocycles. The van der Waals surface area contributed by atoms with Crippen molar-refractivity contribution in [2.24, 2.45) is 7.05 Å². The molecule has 0 fully saturated rings. The van der Waals surface area contributed by atoms with E-state index in [0.29, 0.717) is 0 Å². The Hall–Kier alpha value is -2.14. The molecule has 1 aromatic carbocycles. The fraction of sp³-hybridized carbons (Fsp3) is 0.154. The zero-order valence-corrected chi connectivity index (χ0v) is 9.67. The predicted octanol–water partition coefficient (Wildman–Crippen LogP) is 1.31. The van der Waals surface area contributed by atoms with E-state index in [1.807, 2.05) is 0 Å². The molecule has 4 nitrogen and oxygen atoms in total. The summed E-state index contributed by atoms with van der Waals surface area (Å²) >= 11 is 0. The summed E-state index contributed by atoms with van der Waals surface area (Å²) < 4.78 is 14.4. The van der Waals surface area contributed by atoms with E-state index in [0.717, 1.165) is 18.2 Å². The van der Waals surface area contributed by atoms with Crippen molar-refractivity contribution < 1.29 is 14.6 Å². The Morgan fingerprint density at radius 3 is 2.72 bits per heavy atom. The zero-order chi connectivity index (χ0) is 13.3. The number of pyridine rings is 1. The lowest BCUT2D eigenvalue weighted by Crippen LogP contribution is -2.22. The lowest BCUT2D eigenvalue weighted by atomic mass is 10.0. The third-order valence-corrected chi connectivity index (χ3v) is 2.73. The third kappa shape index (κ3) is 2.12. The predicted molar refractivity (Wildman–Crippen MR) is 63.8 cm³/mol. The fourth-order valence-electron chi connectivity index (χ4n) is 1.74. The molecule has 0 radical (unpaired) electrons. The van der Waals surface area contributed by atoms with Gasteiger partial charge in [-0.25, -0.2) is 4.39 Å². The van der Waals surface area contributed by atoms with Crippen LogP contribution in [0.2, 0.25) is 0 Å². The van der Waals surface area contributed by atoms with Crippen molar-refractivity contribution in [2.45, 2.75) is 6.10 Å². The Morgan fingerprint density at radius 2 is 2.00 bits per heavy atom. The summed E-state index contributed by atoms with van der Waals surface area (Å²) in [5.41, 5.74) is -0.340. The maximum atomic E-state index is 13.1. The minimum atomic E-state index is -1.36. The SMILES string of the molecule is Cn1cccc(C(O)c2cc(F)ccc2O)c1=O. The molecular formula is C13H12FNO3. The van der Waals surface area contributed by atoms with Gasteiger partial charge < -0.3 is 14.8 Å². The summed E-state index contributed by atoms with van der Waals surface area (Å²) in [4.78, 5) is 11.8. The Morgan fingerprint density at radius 1 is 1.28 bits per heavy atom. The molecule has 0 aliphatic heterocycles. The standard InChI is InChI=1S/C13H12FNO3/c1-15-6-2-3-9(13(15)18)12(17)10-7-8(14)4-5-11(10)16/h2-7,12,16-17H,1H3. The molecular weight excluding hydrogens is 237 g/mol. The number of phenolic OH excluding ortho intramolecular Hbond substituents is 1. The smallest absolute Gasteiger partial charge is 0.256 e. The molecule has 1 atom stereocenters. The number of hydrogen-bond acceptors (Lipinski definition) is 3. The summed E-state index contributed by atoms with van der Waals surface area (Å²) in [6.45, 7) is 0. The normalized spacial score (nSPS) is 12.4. The molecule has 0 aliphatic carbocycles. The van der Waals surface area contributed by atoms with Crippen molar-refractivity contribution in [3.05, 3.63) is 63.8 Å². The van der Waals surface area contributed by atoms with Crippen LogP contribution in [0.4, 0.5) is 4.39 Å². The highest BCUT2D eigenvalue weighted by atomic mass is 19.1. The molecule has 2 rings (SSSR count). The average Bonchev–Trinajstić information content (AvgIpc) is 2.35. The first kappa shape index (κ1) is 12.3. The van der Waals surface area contributed by atoms with Crippen LogP contribution in [0.1, 0.15) is 17.2 Å². The van der Waals surface area contributed by atoms with Crippen molar-refractivity contribution >= 4 is 0 Å². The highest BCUT2D eigenvalue weighted by Crippen LogP contribution is 2.28.